The molecule has 7 nitrogen and oxygen atoms in total. The first-order valence-corrected chi connectivity index (χ1v) is 10.4. The summed E-state index contributed by atoms with van der Waals surface area (Å²) in [4.78, 5) is 12.8. The smallest absolute Gasteiger partial charge is 0.416 e. The third-order valence-corrected chi connectivity index (χ3v) is 5.42. The maximum Gasteiger partial charge on any atom is 0.416 e. The lowest BCUT2D eigenvalue weighted by molar-refractivity contribution is -0.137. The molecule has 2 aromatic carbocycles. The fraction of sp³-hybridized carbons (Fsp3) is 0.316. The van der Waals surface area contributed by atoms with Crippen molar-refractivity contribution in [3.63, 3.8) is 0 Å². The van der Waals surface area contributed by atoms with Gasteiger partial charge >= 0.3 is 6.18 Å². The van der Waals surface area contributed by atoms with Crippen LogP contribution in [0.15, 0.2) is 42.5 Å². The van der Waals surface area contributed by atoms with Crippen LogP contribution in [0.3, 0.4) is 0 Å². The molecule has 2 aromatic rings. The highest BCUT2D eigenvalue weighted by Gasteiger charge is 2.34. The average Bonchev–Trinajstić information content (AvgIpc) is 2.66. The van der Waals surface area contributed by atoms with Crippen molar-refractivity contribution in [2.45, 2.75) is 19.1 Å². The van der Waals surface area contributed by atoms with Gasteiger partial charge < -0.3 is 14.8 Å². The lowest BCUT2D eigenvalue weighted by atomic mass is 10.1. The number of halogens is 3. The number of nitrogens with one attached hydrogen (secondary N) is 1. The van der Waals surface area contributed by atoms with Gasteiger partial charge in [-0.15, -0.1) is 0 Å². The van der Waals surface area contributed by atoms with Gasteiger partial charge in [-0.2, -0.15) is 13.2 Å². The Morgan fingerprint density at radius 2 is 1.77 bits per heavy atom. The molecule has 1 N–H and O–H groups in total. The second-order valence-corrected chi connectivity index (χ2v) is 8.20. The number of rotatable bonds is 7. The number of hydrogen-bond donors (Lipinski definition) is 1. The molecule has 2 rings (SSSR count). The highest BCUT2D eigenvalue weighted by atomic mass is 32.2. The second-order valence-electron chi connectivity index (χ2n) is 6.34. The van der Waals surface area contributed by atoms with Gasteiger partial charge in [0.25, 0.3) is 0 Å². The number of alkyl halides is 3. The van der Waals surface area contributed by atoms with Gasteiger partial charge in [0.05, 0.1) is 37.4 Å². The van der Waals surface area contributed by atoms with Gasteiger partial charge in [0, 0.05) is 6.07 Å². The van der Waals surface area contributed by atoms with E-state index in [0.29, 0.717) is 16.1 Å². The molecular formula is C19H21F3N2O5S. The van der Waals surface area contributed by atoms with Crippen molar-refractivity contribution in [2.24, 2.45) is 0 Å². The third kappa shape index (κ3) is 5.35. The van der Waals surface area contributed by atoms with E-state index < -0.39 is 33.7 Å². The van der Waals surface area contributed by atoms with E-state index in [9.17, 15) is 26.4 Å². The first kappa shape index (κ1) is 23.3. The van der Waals surface area contributed by atoms with Crippen LogP contribution in [-0.4, -0.2) is 40.8 Å². The number of carbonyl (C=O) groups excluding carboxylic acids is 1. The number of anilines is 2. The minimum Gasteiger partial charge on any atom is -0.497 e. The summed E-state index contributed by atoms with van der Waals surface area (Å²) >= 11 is 0. The van der Waals surface area contributed by atoms with Crippen molar-refractivity contribution >= 4 is 27.3 Å². The Morgan fingerprint density at radius 3 is 2.30 bits per heavy atom. The molecule has 30 heavy (non-hydrogen) atoms. The van der Waals surface area contributed by atoms with Crippen LogP contribution in [-0.2, 0) is 21.0 Å². The Hall–Kier alpha value is -2.95. The predicted octanol–water partition coefficient (Wildman–Crippen LogP) is 3.52. The van der Waals surface area contributed by atoms with Gasteiger partial charge in [-0.25, -0.2) is 8.42 Å². The highest BCUT2D eigenvalue weighted by molar-refractivity contribution is 7.92. The SMILES string of the molecule is COc1ccc(NC(=O)[C@H](C)N(c2cccc(C(F)(F)F)c2)S(C)(=O)=O)c(OC)c1. The third-order valence-electron chi connectivity index (χ3n) is 4.18. The summed E-state index contributed by atoms with van der Waals surface area (Å²) in [5, 5.41) is 2.53. The molecule has 164 valence electrons. The summed E-state index contributed by atoms with van der Waals surface area (Å²) in [5.41, 5.74) is -1.07. The fourth-order valence-electron chi connectivity index (χ4n) is 2.77. The van der Waals surface area contributed by atoms with Gasteiger partial charge in [0.2, 0.25) is 15.9 Å². The molecule has 0 aromatic heterocycles. The van der Waals surface area contributed by atoms with E-state index in [2.05, 4.69) is 5.32 Å². The highest BCUT2D eigenvalue weighted by Crippen LogP contribution is 2.33. The van der Waals surface area contributed by atoms with Crippen molar-refractivity contribution in [3.05, 3.63) is 48.0 Å². The monoisotopic (exact) mass is 446 g/mol. The number of carbonyl (C=O) groups is 1. The predicted molar refractivity (Wildman–Crippen MR) is 106 cm³/mol. The van der Waals surface area contributed by atoms with Crippen LogP contribution in [0.1, 0.15) is 12.5 Å². The minimum absolute atomic E-state index is 0.243. The summed E-state index contributed by atoms with van der Waals surface area (Å²) in [6.07, 6.45) is -3.86. The molecule has 0 aliphatic rings. The van der Waals surface area contributed by atoms with E-state index in [1.807, 2.05) is 0 Å². The Labute approximate surface area is 172 Å². The molecule has 1 atom stereocenters. The van der Waals surface area contributed by atoms with Gasteiger partial charge in [-0.1, -0.05) is 6.07 Å². The lowest BCUT2D eigenvalue weighted by Gasteiger charge is -2.29. The van der Waals surface area contributed by atoms with Crippen molar-refractivity contribution < 1.29 is 35.9 Å². The first-order valence-electron chi connectivity index (χ1n) is 8.58. The van der Waals surface area contributed by atoms with Crippen molar-refractivity contribution in [3.8, 4) is 11.5 Å². The molecule has 11 heteroatoms. The molecular weight excluding hydrogens is 425 g/mol. The first-order chi connectivity index (χ1) is 13.9. The Morgan fingerprint density at radius 1 is 1.10 bits per heavy atom. The topological polar surface area (TPSA) is 84.9 Å². The zero-order valence-corrected chi connectivity index (χ0v) is 17.5. The number of methoxy groups -OCH3 is 2. The maximum atomic E-state index is 13.0. The van der Waals surface area contributed by atoms with Crippen LogP contribution in [0.25, 0.3) is 0 Å². The average molecular weight is 446 g/mol. The number of nitrogens with zero attached hydrogens (tertiary/aromatic N) is 1. The molecule has 0 saturated heterocycles. The molecule has 0 unspecified atom stereocenters. The van der Waals surface area contributed by atoms with Crippen LogP contribution in [0.4, 0.5) is 24.5 Å². The van der Waals surface area contributed by atoms with Crippen molar-refractivity contribution in [1.82, 2.24) is 0 Å². The van der Waals surface area contributed by atoms with E-state index in [1.54, 1.807) is 6.07 Å². The molecule has 1 amide bonds. The van der Waals surface area contributed by atoms with E-state index in [1.165, 1.54) is 39.3 Å². The van der Waals surface area contributed by atoms with Crippen molar-refractivity contribution in [1.29, 1.82) is 0 Å². The Kier molecular flexibility index (Phi) is 6.86. The minimum atomic E-state index is -4.67. The van der Waals surface area contributed by atoms with Crippen LogP contribution < -0.4 is 19.1 Å². The standard InChI is InChI=1S/C19H21F3N2O5S/c1-12(18(25)23-16-9-8-15(28-2)11-17(16)29-3)24(30(4,26)27)14-7-5-6-13(10-14)19(20,21)22/h5-12H,1-4H3,(H,23,25)/t12-/m0/s1. The van der Waals surface area contributed by atoms with Crippen LogP contribution in [0.2, 0.25) is 0 Å². The molecule has 0 spiro atoms. The molecule has 0 bridgehead atoms. The van der Waals surface area contributed by atoms with Gasteiger partial charge in [-0.3, -0.25) is 9.10 Å². The molecule has 0 heterocycles. The summed E-state index contributed by atoms with van der Waals surface area (Å²) < 4.78 is 74.7. The van der Waals surface area contributed by atoms with Gasteiger partial charge in [0.1, 0.15) is 17.5 Å². The zero-order valence-electron chi connectivity index (χ0n) is 16.6. The Balaban J connectivity index is 2.39. The van der Waals surface area contributed by atoms with E-state index in [4.69, 9.17) is 9.47 Å². The Bertz CT molecular complexity index is 1030. The molecule has 0 aliphatic carbocycles. The van der Waals surface area contributed by atoms with Crippen LogP contribution in [0, 0.1) is 0 Å². The molecule has 0 radical (unpaired) electrons. The lowest BCUT2D eigenvalue weighted by Crippen LogP contribution is -2.45. The second kappa shape index (κ2) is 8.82. The maximum absolute atomic E-state index is 13.0. The van der Waals surface area contributed by atoms with Crippen LogP contribution >= 0.6 is 0 Å². The van der Waals surface area contributed by atoms with Crippen LogP contribution in [0.5, 0.6) is 11.5 Å². The zero-order chi connectivity index (χ0) is 22.7. The molecule has 0 aliphatic heterocycles. The van der Waals surface area contributed by atoms with E-state index in [0.717, 1.165) is 18.4 Å². The van der Waals surface area contributed by atoms with E-state index in [-0.39, 0.29) is 17.1 Å². The number of sulfonamides is 1. The fourth-order valence-corrected chi connectivity index (χ4v) is 3.93. The largest absolute Gasteiger partial charge is 0.497 e. The van der Waals surface area contributed by atoms with Gasteiger partial charge in [0.15, 0.2) is 0 Å². The summed E-state index contributed by atoms with van der Waals surface area (Å²) in [6.45, 7) is 1.27. The molecule has 0 saturated carbocycles. The quantitative estimate of drug-likeness (QED) is 0.704. The number of hydrogen-bond acceptors (Lipinski definition) is 5. The summed E-state index contributed by atoms with van der Waals surface area (Å²) in [5.74, 6) is -0.0270. The number of benzene rings is 2. The summed E-state index contributed by atoms with van der Waals surface area (Å²) in [6, 6.07) is 6.98. The van der Waals surface area contributed by atoms with Gasteiger partial charge in [-0.05, 0) is 37.3 Å². The molecule has 0 fully saturated rings. The number of ether oxygens (including phenoxy) is 2. The van der Waals surface area contributed by atoms with E-state index >= 15 is 0 Å². The van der Waals surface area contributed by atoms with Crippen molar-refractivity contribution in [2.75, 3.05) is 30.1 Å². The summed E-state index contributed by atoms with van der Waals surface area (Å²) in [7, 11) is -1.26. The normalized spacial score (nSPS) is 12.8. The number of amides is 1.